The second-order valence-corrected chi connectivity index (χ2v) is 4.35. The zero-order chi connectivity index (χ0) is 13.8. The fourth-order valence-electron chi connectivity index (χ4n) is 1.48. The minimum absolute atomic E-state index is 0.120. The molecule has 0 aliphatic heterocycles. The molecule has 0 atom stereocenters. The number of carboxylic acid groups (broad SMARTS) is 1. The van der Waals surface area contributed by atoms with Crippen LogP contribution in [0.2, 0.25) is 0 Å². The van der Waals surface area contributed by atoms with Crippen molar-refractivity contribution in [3.8, 4) is 0 Å². The maximum Gasteiger partial charge on any atom is 0.335 e. The number of hydrogen-bond acceptors (Lipinski definition) is 6. The molecular formula is C11H9N3O4S. The zero-order valence-electron chi connectivity index (χ0n) is 9.57. The Morgan fingerprint density at radius 1 is 1.53 bits per heavy atom. The minimum Gasteiger partial charge on any atom is -0.478 e. The highest BCUT2D eigenvalue weighted by Gasteiger charge is 2.17. The van der Waals surface area contributed by atoms with Gasteiger partial charge in [0.1, 0.15) is 5.69 Å². The number of anilines is 1. The standard InChI is InChI=1S/C11H9N3O4S/c15-11(16)7-1-2-9(10(3-7)14(17)18)12-4-8-5-19-6-13-8/h1-3,5-6,12H,4H2,(H,15,16). The summed E-state index contributed by atoms with van der Waals surface area (Å²) in [6.07, 6.45) is 0. The fourth-order valence-corrected chi connectivity index (χ4v) is 2.03. The third-order valence-electron chi connectivity index (χ3n) is 2.38. The molecule has 2 aromatic rings. The number of nitro benzene ring substituents is 1. The van der Waals surface area contributed by atoms with Crippen molar-refractivity contribution in [3.63, 3.8) is 0 Å². The summed E-state index contributed by atoms with van der Waals surface area (Å²) in [7, 11) is 0. The van der Waals surface area contributed by atoms with E-state index in [1.165, 1.54) is 23.5 Å². The number of nitrogens with one attached hydrogen (secondary N) is 1. The molecule has 0 aliphatic carbocycles. The molecule has 1 heterocycles. The van der Waals surface area contributed by atoms with Crippen molar-refractivity contribution in [3.05, 3.63) is 50.5 Å². The van der Waals surface area contributed by atoms with Gasteiger partial charge in [0.25, 0.3) is 5.69 Å². The van der Waals surface area contributed by atoms with Gasteiger partial charge in [0.05, 0.1) is 28.2 Å². The van der Waals surface area contributed by atoms with Gasteiger partial charge in [-0.25, -0.2) is 9.78 Å². The smallest absolute Gasteiger partial charge is 0.335 e. The number of rotatable bonds is 5. The van der Waals surface area contributed by atoms with Crippen molar-refractivity contribution < 1.29 is 14.8 Å². The molecule has 1 aromatic carbocycles. The van der Waals surface area contributed by atoms with Crippen molar-refractivity contribution in [1.29, 1.82) is 0 Å². The van der Waals surface area contributed by atoms with E-state index in [-0.39, 0.29) is 16.9 Å². The van der Waals surface area contributed by atoms with E-state index < -0.39 is 10.9 Å². The molecule has 98 valence electrons. The molecule has 19 heavy (non-hydrogen) atoms. The molecule has 0 saturated carbocycles. The van der Waals surface area contributed by atoms with E-state index in [0.717, 1.165) is 11.8 Å². The van der Waals surface area contributed by atoms with E-state index in [0.29, 0.717) is 6.54 Å². The van der Waals surface area contributed by atoms with Gasteiger partial charge in [0.15, 0.2) is 0 Å². The lowest BCUT2D eigenvalue weighted by atomic mass is 10.1. The molecule has 8 heteroatoms. The fraction of sp³-hybridized carbons (Fsp3) is 0.0909. The lowest BCUT2D eigenvalue weighted by Crippen LogP contribution is -2.05. The van der Waals surface area contributed by atoms with E-state index in [1.807, 2.05) is 5.38 Å². The average Bonchev–Trinajstić information content (AvgIpc) is 2.89. The normalized spacial score (nSPS) is 10.1. The SMILES string of the molecule is O=C(O)c1ccc(NCc2cscn2)c([N+](=O)[O-])c1. The van der Waals surface area contributed by atoms with Crippen LogP contribution in [0.5, 0.6) is 0 Å². The molecule has 0 radical (unpaired) electrons. The van der Waals surface area contributed by atoms with Crippen molar-refractivity contribution in [2.45, 2.75) is 6.54 Å². The first kappa shape index (κ1) is 13.0. The molecule has 0 amide bonds. The second kappa shape index (κ2) is 5.44. The van der Waals surface area contributed by atoms with Gasteiger partial charge in [-0.3, -0.25) is 10.1 Å². The van der Waals surface area contributed by atoms with Crippen LogP contribution in [0.25, 0.3) is 0 Å². The van der Waals surface area contributed by atoms with Crippen LogP contribution in [0.1, 0.15) is 16.1 Å². The number of nitro groups is 1. The van der Waals surface area contributed by atoms with E-state index in [4.69, 9.17) is 5.11 Å². The van der Waals surface area contributed by atoms with E-state index in [1.54, 1.807) is 5.51 Å². The van der Waals surface area contributed by atoms with Crippen LogP contribution in [-0.4, -0.2) is 21.0 Å². The number of carbonyl (C=O) groups is 1. The average molecular weight is 279 g/mol. The maximum atomic E-state index is 10.9. The van der Waals surface area contributed by atoms with Gasteiger partial charge in [0.2, 0.25) is 0 Å². The summed E-state index contributed by atoms with van der Waals surface area (Å²) in [5.74, 6) is -1.20. The van der Waals surface area contributed by atoms with Crippen molar-refractivity contribution in [2.24, 2.45) is 0 Å². The molecular weight excluding hydrogens is 270 g/mol. The van der Waals surface area contributed by atoms with Gasteiger partial charge >= 0.3 is 5.97 Å². The topological polar surface area (TPSA) is 105 Å². The van der Waals surface area contributed by atoms with Crippen LogP contribution in [0.3, 0.4) is 0 Å². The molecule has 1 aromatic heterocycles. The molecule has 7 nitrogen and oxygen atoms in total. The Morgan fingerprint density at radius 3 is 2.89 bits per heavy atom. The Kier molecular flexibility index (Phi) is 3.71. The summed E-state index contributed by atoms with van der Waals surface area (Å²) in [5.41, 5.74) is 2.31. The van der Waals surface area contributed by atoms with Crippen LogP contribution >= 0.6 is 11.3 Å². The summed E-state index contributed by atoms with van der Waals surface area (Å²) in [4.78, 5) is 25.1. The highest BCUT2D eigenvalue weighted by atomic mass is 32.1. The minimum atomic E-state index is -1.20. The van der Waals surface area contributed by atoms with Gasteiger partial charge < -0.3 is 10.4 Å². The van der Waals surface area contributed by atoms with Gasteiger partial charge in [-0.05, 0) is 12.1 Å². The summed E-state index contributed by atoms with van der Waals surface area (Å²) in [6, 6.07) is 3.73. The number of thiazole rings is 1. The quantitative estimate of drug-likeness (QED) is 0.643. The van der Waals surface area contributed by atoms with Gasteiger partial charge in [0, 0.05) is 11.4 Å². The van der Waals surface area contributed by atoms with Crippen LogP contribution in [-0.2, 0) is 6.54 Å². The summed E-state index contributed by atoms with van der Waals surface area (Å²) >= 11 is 1.43. The van der Waals surface area contributed by atoms with E-state index in [9.17, 15) is 14.9 Å². The summed E-state index contributed by atoms with van der Waals surface area (Å²) in [5, 5.41) is 24.4. The molecule has 0 unspecified atom stereocenters. The molecule has 0 bridgehead atoms. The van der Waals surface area contributed by atoms with Gasteiger partial charge in [-0.1, -0.05) is 0 Å². The molecule has 0 spiro atoms. The first-order valence-electron chi connectivity index (χ1n) is 5.20. The lowest BCUT2D eigenvalue weighted by Gasteiger charge is -2.06. The lowest BCUT2D eigenvalue weighted by molar-refractivity contribution is -0.384. The molecule has 0 saturated heterocycles. The summed E-state index contributed by atoms with van der Waals surface area (Å²) < 4.78 is 0. The third kappa shape index (κ3) is 3.05. The number of carboxylic acids is 1. The van der Waals surface area contributed by atoms with Crippen LogP contribution in [0.15, 0.2) is 29.1 Å². The third-order valence-corrected chi connectivity index (χ3v) is 3.02. The number of aromatic carboxylic acids is 1. The predicted octanol–water partition coefficient (Wildman–Crippen LogP) is 2.36. The number of benzene rings is 1. The van der Waals surface area contributed by atoms with Crippen LogP contribution < -0.4 is 5.32 Å². The predicted molar refractivity (Wildman–Crippen MR) is 69.5 cm³/mol. The van der Waals surface area contributed by atoms with Gasteiger partial charge in [-0.15, -0.1) is 11.3 Å². The highest BCUT2D eigenvalue weighted by molar-refractivity contribution is 7.07. The van der Waals surface area contributed by atoms with Crippen molar-refractivity contribution in [2.75, 3.05) is 5.32 Å². The van der Waals surface area contributed by atoms with Crippen molar-refractivity contribution in [1.82, 2.24) is 4.98 Å². The second-order valence-electron chi connectivity index (χ2n) is 3.63. The molecule has 0 aliphatic rings. The van der Waals surface area contributed by atoms with E-state index >= 15 is 0 Å². The van der Waals surface area contributed by atoms with E-state index in [2.05, 4.69) is 10.3 Å². The zero-order valence-corrected chi connectivity index (χ0v) is 10.4. The monoisotopic (exact) mass is 279 g/mol. The Balaban J connectivity index is 2.24. The number of hydrogen-bond donors (Lipinski definition) is 2. The number of nitrogens with zero attached hydrogens (tertiary/aromatic N) is 2. The van der Waals surface area contributed by atoms with Crippen molar-refractivity contribution >= 4 is 28.7 Å². The number of aromatic nitrogens is 1. The van der Waals surface area contributed by atoms with Crippen LogP contribution in [0.4, 0.5) is 11.4 Å². The van der Waals surface area contributed by atoms with Gasteiger partial charge in [-0.2, -0.15) is 0 Å². The van der Waals surface area contributed by atoms with Crippen LogP contribution in [0, 0.1) is 10.1 Å². The largest absolute Gasteiger partial charge is 0.478 e. The Bertz CT molecular complexity index is 612. The first-order valence-corrected chi connectivity index (χ1v) is 6.15. The summed E-state index contributed by atoms with van der Waals surface area (Å²) in [6.45, 7) is 0.344. The highest BCUT2D eigenvalue weighted by Crippen LogP contribution is 2.26. The molecule has 0 fully saturated rings. The molecule has 2 rings (SSSR count). The Morgan fingerprint density at radius 2 is 2.32 bits per heavy atom. The Hall–Kier alpha value is -2.48. The molecule has 2 N–H and O–H groups in total. The Labute approximate surface area is 111 Å². The first-order chi connectivity index (χ1) is 9.08. The maximum absolute atomic E-state index is 10.9.